The van der Waals surface area contributed by atoms with E-state index in [2.05, 4.69) is 0 Å². The molecule has 0 unspecified atom stereocenters. The van der Waals surface area contributed by atoms with Gasteiger partial charge in [0.25, 0.3) is 4.06 Å². The Bertz CT molecular complexity index is 652. The molecule has 110 valence electrons. The van der Waals surface area contributed by atoms with Crippen molar-refractivity contribution in [2.75, 3.05) is 0 Å². The van der Waals surface area contributed by atoms with Crippen LogP contribution in [0.25, 0.3) is 0 Å². The molecule has 20 heavy (non-hydrogen) atoms. The third kappa shape index (κ3) is 1.80. The van der Waals surface area contributed by atoms with Crippen molar-refractivity contribution in [1.29, 1.82) is 0 Å². The van der Waals surface area contributed by atoms with Gasteiger partial charge in [0.15, 0.2) is 4.88 Å². The van der Waals surface area contributed by atoms with Crippen LogP contribution in [0, 0.1) is 20.2 Å². The van der Waals surface area contributed by atoms with Crippen LogP contribution >= 0.6 is 45.9 Å². The van der Waals surface area contributed by atoms with Gasteiger partial charge in [0, 0.05) is 10.3 Å². The van der Waals surface area contributed by atoms with Crippen LogP contribution in [0.15, 0.2) is 4.79 Å². The van der Waals surface area contributed by atoms with Crippen molar-refractivity contribution in [1.82, 2.24) is 0 Å². The van der Waals surface area contributed by atoms with Crippen molar-refractivity contribution in [2.24, 2.45) is 0 Å². The van der Waals surface area contributed by atoms with E-state index in [1.54, 1.807) is 13.8 Å². The van der Waals surface area contributed by atoms with E-state index in [1.807, 2.05) is 0 Å². The molecule has 0 aromatic carbocycles. The summed E-state index contributed by atoms with van der Waals surface area (Å²) in [6.07, 6.45) is -0.699. The third-order valence-electron chi connectivity index (χ3n) is 3.50. The normalized spacial score (nSPS) is 22.0. The standard InChI is InChI=1S/C9H8Cl2N2O5S2/c1-7(2)4-5(20-6(14)19-4)8(12(15)16,13(17)18)3-9(7,10)11/h3H2,1-2H3. The molecule has 0 bridgehead atoms. The number of fused-ring (bicyclic) bond motifs is 1. The van der Waals surface area contributed by atoms with Gasteiger partial charge >= 0.3 is 5.66 Å². The molecule has 0 saturated carbocycles. The molecule has 11 heteroatoms. The molecule has 0 radical (unpaired) electrons. The van der Waals surface area contributed by atoms with E-state index < -0.39 is 35.7 Å². The average molecular weight is 359 g/mol. The zero-order valence-electron chi connectivity index (χ0n) is 10.2. The summed E-state index contributed by atoms with van der Waals surface area (Å²) in [6, 6.07) is 0. The highest BCUT2D eigenvalue weighted by atomic mass is 35.5. The van der Waals surface area contributed by atoms with Crippen LogP contribution in [0.4, 0.5) is 0 Å². The molecule has 2 rings (SSSR count). The van der Waals surface area contributed by atoms with Gasteiger partial charge in [-0.25, -0.2) is 0 Å². The molecule has 7 nitrogen and oxygen atoms in total. The van der Waals surface area contributed by atoms with E-state index in [0.717, 1.165) is 11.3 Å². The largest absolute Gasteiger partial charge is 0.497 e. The van der Waals surface area contributed by atoms with Crippen molar-refractivity contribution in [3.63, 3.8) is 0 Å². The number of nitro groups is 2. The second kappa shape index (κ2) is 4.36. The Kier molecular flexibility index (Phi) is 3.40. The number of rotatable bonds is 2. The smallest absolute Gasteiger partial charge is 0.265 e. The number of hydrogen-bond donors (Lipinski definition) is 0. The summed E-state index contributed by atoms with van der Waals surface area (Å²) < 4.78 is -2.19. The predicted molar refractivity (Wildman–Crippen MR) is 76.2 cm³/mol. The van der Waals surface area contributed by atoms with E-state index in [-0.39, 0.29) is 9.75 Å². The lowest BCUT2D eigenvalue weighted by Gasteiger charge is -2.41. The minimum atomic E-state index is -2.67. The van der Waals surface area contributed by atoms with Crippen molar-refractivity contribution in [3.8, 4) is 0 Å². The molecule has 0 N–H and O–H groups in total. The van der Waals surface area contributed by atoms with Crippen molar-refractivity contribution in [2.45, 2.75) is 35.7 Å². The first-order chi connectivity index (χ1) is 8.96. The fraction of sp³-hybridized carbons (Fsp3) is 0.667. The van der Waals surface area contributed by atoms with E-state index in [0.29, 0.717) is 11.3 Å². The van der Waals surface area contributed by atoms with Gasteiger partial charge in [-0.15, -0.1) is 23.2 Å². The van der Waals surface area contributed by atoms with Gasteiger partial charge in [-0.1, -0.05) is 36.5 Å². The molecule has 0 fully saturated rings. The van der Waals surface area contributed by atoms with Gasteiger partial charge in [-0.05, 0) is 0 Å². The number of halogens is 2. The van der Waals surface area contributed by atoms with E-state index in [9.17, 15) is 25.0 Å². The average Bonchev–Trinajstić information content (AvgIpc) is 2.66. The summed E-state index contributed by atoms with van der Waals surface area (Å²) in [4.78, 5) is 32.3. The first-order valence-electron chi connectivity index (χ1n) is 5.28. The number of nitrogens with zero attached hydrogens (tertiary/aromatic N) is 2. The minimum absolute atomic E-state index is 0.176. The van der Waals surface area contributed by atoms with Gasteiger partial charge < -0.3 is 0 Å². The summed E-state index contributed by atoms with van der Waals surface area (Å²) in [5.74, 6) is 0. The lowest BCUT2D eigenvalue weighted by molar-refractivity contribution is -0.812. The third-order valence-corrected chi connectivity index (χ3v) is 7.32. The van der Waals surface area contributed by atoms with Crippen molar-refractivity contribution >= 4 is 45.9 Å². The van der Waals surface area contributed by atoms with Gasteiger partial charge in [-0.3, -0.25) is 25.0 Å². The van der Waals surface area contributed by atoms with Crippen LogP contribution in [0.5, 0.6) is 0 Å². The van der Waals surface area contributed by atoms with Gasteiger partial charge in [0.1, 0.15) is 20.6 Å². The molecular formula is C9H8Cl2N2O5S2. The zero-order chi connectivity index (χ0) is 15.5. The Labute approximate surface area is 130 Å². The molecule has 0 atom stereocenters. The Hall–Kier alpha value is -0.770. The molecule has 1 aromatic rings. The molecular weight excluding hydrogens is 351 g/mol. The second-order valence-corrected chi connectivity index (χ2v) is 8.66. The number of hydrogen-bond acceptors (Lipinski definition) is 7. The number of alkyl halides is 2. The van der Waals surface area contributed by atoms with Gasteiger partial charge in [0.05, 0.1) is 0 Å². The Balaban J connectivity index is 2.90. The summed E-state index contributed by atoms with van der Waals surface area (Å²) in [7, 11) is 0. The molecule has 0 spiro atoms. The Morgan fingerprint density at radius 2 is 1.55 bits per heavy atom. The van der Waals surface area contributed by atoms with Gasteiger partial charge in [-0.2, -0.15) is 0 Å². The molecule has 0 amide bonds. The maximum absolute atomic E-state index is 11.6. The molecule has 1 aliphatic carbocycles. The van der Waals surface area contributed by atoms with E-state index >= 15 is 0 Å². The Morgan fingerprint density at radius 1 is 1.10 bits per heavy atom. The summed E-state index contributed by atoms with van der Waals surface area (Å²) in [5.41, 5.74) is -3.66. The first-order valence-corrected chi connectivity index (χ1v) is 7.67. The van der Waals surface area contributed by atoms with Crippen LogP contribution in [-0.4, -0.2) is 14.2 Å². The summed E-state index contributed by atoms with van der Waals surface area (Å²) >= 11 is 13.5. The topological polar surface area (TPSA) is 103 Å². The highest BCUT2D eigenvalue weighted by molar-refractivity contribution is 7.27. The first kappa shape index (κ1) is 15.6. The minimum Gasteiger partial charge on any atom is -0.265 e. The van der Waals surface area contributed by atoms with Crippen molar-refractivity contribution < 1.29 is 9.85 Å². The highest BCUT2D eigenvalue weighted by Crippen LogP contribution is 2.58. The highest BCUT2D eigenvalue weighted by Gasteiger charge is 2.72. The summed E-state index contributed by atoms with van der Waals surface area (Å²) in [5, 5.41) is 22.7. The summed E-state index contributed by atoms with van der Waals surface area (Å²) in [6.45, 7) is 3.22. The maximum atomic E-state index is 11.6. The quantitative estimate of drug-likeness (QED) is 0.350. The SMILES string of the molecule is CC1(C)c2sc(=O)sc2C([N+](=O)[O-])([N+](=O)[O-])CC1(Cl)Cl. The monoisotopic (exact) mass is 358 g/mol. The predicted octanol–water partition coefficient (Wildman–Crippen LogP) is 2.73. The van der Waals surface area contributed by atoms with Crippen molar-refractivity contribution in [3.05, 3.63) is 38.8 Å². The maximum Gasteiger partial charge on any atom is 0.497 e. The molecule has 1 heterocycles. The lowest BCUT2D eigenvalue weighted by Crippen LogP contribution is -2.56. The fourth-order valence-electron chi connectivity index (χ4n) is 2.09. The van der Waals surface area contributed by atoms with Gasteiger partial charge in [0.2, 0.25) is 0 Å². The van der Waals surface area contributed by atoms with Crippen LogP contribution in [0.3, 0.4) is 0 Å². The van der Waals surface area contributed by atoms with Crippen LogP contribution in [0.1, 0.15) is 30.0 Å². The molecule has 0 aliphatic heterocycles. The van der Waals surface area contributed by atoms with Crippen LogP contribution in [-0.2, 0) is 11.1 Å². The molecule has 0 saturated heterocycles. The Morgan fingerprint density at radius 3 is 2.00 bits per heavy atom. The zero-order valence-corrected chi connectivity index (χ0v) is 13.4. The van der Waals surface area contributed by atoms with Crippen LogP contribution < -0.4 is 4.06 Å². The second-order valence-electron chi connectivity index (χ2n) is 4.95. The van der Waals surface area contributed by atoms with E-state index in [1.165, 1.54) is 0 Å². The lowest BCUT2D eigenvalue weighted by atomic mass is 9.75. The fourth-order valence-corrected chi connectivity index (χ4v) is 5.44. The van der Waals surface area contributed by atoms with E-state index in [4.69, 9.17) is 23.2 Å². The van der Waals surface area contributed by atoms with Crippen LogP contribution in [0.2, 0.25) is 0 Å². The molecule has 1 aromatic heterocycles. The molecule has 1 aliphatic rings.